The molecule has 0 N–H and O–H groups in total. The van der Waals surface area contributed by atoms with Gasteiger partial charge in [0.05, 0.1) is 6.04 Å². The van der Waals surface area contributed by atoms with Crippen molar-refractivity contribution in [1.82, 2.24) is 9.88 Å². The van der Waals surface area contributed by atoms with Crippen LogP contribution in [0.1, 0.15) is 33.9 Å². The lowest BCUT2D eigenvalue weighted by atomic mass is 9.84. The fraction of sp³-hybridized carbons (Fsp3) is 0.136. The maximum atomic E-state index is 13.3. The summed E-state index contributed by atoms with van der Waals surface area (Å²) < 4.78 is 0. The highest BCUT2D eigenvalue weighted by Crippen LogP contribution is 2.48. The summed E-state index contributed by atoms with van der Waals surface area (Å²) in [5, 5.41) is 0. The van der Waals surface area contributed by atoms with Crippen molar-refractivity contribution in [2.75, 3.05) is 0 Å². The number of fused-ring (bicyclic) bond motifs is 4. The van der Waals surface area contributed by atoms with Gasteiger partial charge in [0.25, 0.3) is 5.91 Å². The van der Waals surface area contributed by atoms with E-state index < -0.39 is 0 Å². The molecule has 4 nitrogen and oxygen atoms in total. The van der Waals surface area contributed by atoms with E-state index in [2.05, 4.69) is 4.98 Å². The number of amides is 1. The number of hydrogen-bond donors (Lipinski definition) is 0. The van der Waals surface area contributed by atoms with Crippen molar-refractivity contribution in [3.63, 3.8) is 0 Å². The van der Waals surface area contributed by atoms with Crippen LogP contribution in [0, 0.1) is 0 Å². The van der Waals surface area contributed by atoms with Crippen molar-refractivity contribution in [2.24, 2.45) is 0 Å². The Morgan fingerprint density at radius 3 is 2.85 bits per heavy atom. The SMILES string of the molecule is O=C1C2=C3CC=CC=C3C(=O)N(Cc3cccnc3)C2c2ccccc21. The minimum atomic E-state index is -0.315. The van der Waals surface area contributed by atoms with E-state index >= 15 is 0 Å². The summed E-state index contributed by atoms with van der Waals surface area (Å²) in [6.07, 6.45) is 9.84. The van der Waals surface area contributed by atoms with Gasteiger partial charge in [-0.2, -0.15) is 0 Å². The van der Waals surface area contributed by atoms with Crippen LogP contribution in [-0.2, 0) is 11.3 Å². The topological polar surface area (TPSA) is 50.3 Å². The lowest BCUT2D eigenvalue weighted by molar-refractivity contribution is -0.129. The quantitative estimate of drug-likeness (QED) is 0.840. The molecule has 2 aliphatic carbocycles. The number of ketones is 1. The average molecular weight is 340 g/mol. The summed E-state index contributed by atoms with van der Waals surface area (Å²) >= 11 is 0. The number of nitrogens with zero attached hydrogens (tertiary/aromatic N) is 2. The Morgan fingerprint density at radius 1 is 1.12 bits per heavy atom. The molecule has 1 unspecified atom stereocenters. The maximum absolute atomic E-state index is 13.3. The van der Waals surface area contributed by atoms with Gasteiger partial charge in [-0.3, -0.25) is 14.6 Å². The van der Waals surface area contributed by atoms with Gasteiger partial charge in [-0.05, 0) is 35.3 Å². The average Bonchev–Trinajstić information content (AvgIpc) is 2.99. The summed E-state index contributed by atoms with van der Waals surface area (Å²) in [5.41, 5.74) is 4.86. The van der Waals surface area contributed by atoms with Crippen molar-refractivity contribution in [3.8, 4) is 0 Å². The third kappa shape index (κ3) is 2.05. The second-order valence-corrected chi connectivity index (χ2v) is 6.72. The third-order valence-electron chi connectivity index (χ3n) is 5.27. The molecule has 0 spiro atoms. The van der Waals surface area contributed by atoms with E-state index in [1.807, 2.05) is 59.5 Å². The molecule has 1 aliphatic heterocycles. The molecule has 0 saturated heterocycles. The normalized spacial score (nSPS) is 20.7. The first-order valence-electron chi connectivity index (χ1n) is 8.69. The first-order valence-corrected chi connectivity index (χ1v) is 8.69. The molecule has 0 radical (unpaired) electrons. The van der Waals surface area contributed by atoms with Gasteiger partial charge in [0, 0.05) is 35.6 Å². The number of carbonyl (C=O) groups excluding carboxylic acids is 2. The number of carbonyl (C=O) groups is 2. The van der Waals surface area contributed by atoms with Crippen molar-refractivity contribution >= 4 is 11.7 Å². The molecule has 26 heavy (non-hydrogen) atoms. The molecular weight excluding hydrogens is 324 g/mol. The zero-order valence-corrected chi connectivity index (χ0v) is 14.1. The van der Waals surface area contributed by atoms with Gasteiger partial charge < -0.3 is 4.90 Å². The molecule has 0 bridgehead atoms. The fourth-order valence-electron chi connectivity index (χ4n) is 4.13. The molecule has 5 rings (SSSR count). The first-order chi connectivity index (χ1) is 12.8. The zero-order chi connectivity index (χ0) is 17.7. The standard InChI is InChI=1S/C22H16N2O2/c25-21-17-9-3-2-8-16(17)20-19(21)15-7-1-4-10-18(15)22(26)24(20)13-14-6-5-11-23-12-14/h1-6,8-12,20H,7,13H2. The fourth-order valence-corrected chi connectivity index (χ4v) is 4.13. The van der Waals surface area contributed by atoms with E-state index in [0.29, 0.717) is 24.1 Å². The van der Waals surface area contributed by atoms with E-state index in [0.717, 1.165) is 22.3 Å². The van der Waals surface area contributed by atoms with Gasteiger partial charge in [0.1, 0.15) is 0 Å². The van der Waals surface area contributed by atoms with Crippen LogP contribution in [0.3, 0.4) is 0 Å². The highest BCUT2D eigenvalue weighted by atomic mass is 16.2. The van der Waals surface area contributed by atoms with Gasteiger partial charge in [-0.25, -0.2) is 0 Å². The lowest BCUT2D eigenvalue weighted by Crippen LogP contribution is -2.40. The number of allylic oxidation sites excluding steroid dienone is 3. The van der Waals surface area contributed by atoms with Crippen LogP contribution in [0.25, 0.3) is 0 Å². The molecule has 1 atom stereocenters. The molecule has 0 fully saturated rings. The Morgan fingerprint density at radius 2 is 2.00 bits per heavy atom. The van der Waals surface area contributed by atoms with Crippen LogP contribution in [-0.4, -0.2) is 21.6 Å². The minimum absolute atomic E-state index is 0.0218. The van der Waals surface area contributed by atoms with Crippen molar-refractivity contribution in [3.05, 3.63) is 100 Å². The molecular formula is C22H16N2O2. The van der Waals surface area contributed by atoms with Gasteiger partial charge in [-0.1, -0.05) is 42.5 Å². The highest BCUT2D eigenvalue weighted by Gasteiger charge is 2.46. The second-order valence-electron chi connectivity index (χ2n) is 6.72. The molecule has 2 aromatic rings. The Labute approximate surface area is 151 Å². The molecule has 126 valence electrons. The molecule has 0 saturated carbocycles. The highest BCUT2D eigenvalue weighted by molar-refractivity contribution is 6.18. The van der Waals surface area contributed by atoms with Gasteiger partial charge in [0.15, 0.2) is 5.78 Å². The van der Waals surface area contributed by atoms with Crippen molar-refractivity contribution in [1.29, 1.82) is 0 Å². The van der Waals surface area contributed by atoms with Gasteiger partial charge in [-0.15, -0.1) is 0 Å². The van der Waals surface area contributed by atoms with Gasteiger partial charge >= 0.3 is 0 Å². The van der Waals surface area contributed by atoms with Crippen LogP contribution in [0.4, 0.5) is 0 Å². The van der Waals surface area contributed by atoms with Crippen LogP contribution in [0.2, 0.25) is 0 Å². The number of hydrogen-bond acceptors (Lipinski definition) is 3. The minimum Gasteiger partial charge on any atom is -0.323 e. The molecule has 1 aromatic heterocycles. The molecule has 2 heterocycles. The van der Waals surface area contributed by atoms with Crippen LogP contribution >= 0.6 is 0 Å². The van der Waals surface area contributed by atoms with Crippen LogP contribution in [0.15, 0.2) is 83.7 Å². The zero-order valence-electron chi connectivity index (χ0n) is 14.1. The molecule has 1 aromatic carbocycles. The molecule has 3 aliphatic rings. The Hall–Kier alpha value is -3.27. The number of benzene rings is 1. The Kier molecular flexibility index (Phi) is 3.25. The number of aromatic nitrogens is 1. The predicted octanol–water partition coefficient (Wildman–Crippen LogP) is 3.54. The van der Waals surface area contributed by atoms with Crippen LogP contribution < -0.4 is 0 Å². The summed E-state index contributed by atoms with van der Waals surface area (Å²) in [7, 11) is 0. The largest absolute Gasteiger partial charge is 0.323 e. The van der Waals surface area contributed by atoms with Crippen LogP contribution in [0.5, 0.6) is 0 Å². The van der Waals surface area contributed by atoms with E-state index in [1.165, 1.54) is 0 Å². The van der Waals surface area contributed by atoms with Crippen molar-refractivity contribution in [2.45, 2.75) is 19.0 Å². The first kappa shape index (κ1) is 15.0. The monoisotopic (exact) mass is 340 g/mol. The number of rotatable bonds is 2. The van der Waals surface area contributed by atoms with Crippen molar-refractivity contribution < 1.29 is 9.59 Å². The van der Waals surface area contributed by atoms with Gasteiger partial charge in [0.2, 0.25) is 0 Å². The second kappa shape index (κ2) is 5.63. The molecule has 1 amide bonds. The summed E-state index contributed by atoms with van der Waals surface area (Å²) in [6.45, 7) is 0.427. The predicted molar refractivity (Wildman–Crippen MR) is 97.2 cm³/mol. The van der Waals surface area contributed by atoms with E-state index in [4.69, 9.17) is 0 Å². The molecule has 4 heteroatoms. The number of Topliss-reactive ketones (excluding diaryl/α,β-unsaturated/α-hetero) is 1. The smallest absolute Gasteiger partial charge is 0.255 e. The maximum Gasteiger partial charge on any atom is 0.255 e. The third-order valence-corrected chi connectivity index (χ3v) is 5.27. The number of pyridine rings is 1. The van der Waals surface area contributed by atoms with E-state index in [-0.39, 0.29) is 17.7 Å². The van der Waals surface area contributed by atoms with E-state index in [1.54, 1.807) is 12.4 Å². The van der Waals surface area contributed by atoms with E-state index in [9.17, 15) is 9.59 Å². The Bertz CT molecular complexity index is 1030. The summed E-state index contributed by atoms with van der Waals surface area (Å²) in [6, 6.07) is 11.1. The lowest BCUT2D eigenvalue weighted by Gasteiger charge is -2.37. The summed E-state index contributed by atoms with van der Waals surface area (Å²) in [4.78, 5) is 32.4. The Balaban J connectivity index is 1.71. The summed E-state index contributed by atoms with van der Waals surface area (Å²) in [5.74, 6) is 0.0249.